The molecule has 0 atom stereocenters. The fourth-order valence-corrected chi connectivity index (χ4v) is 4.15. The van der Waals surface area contributed by atoms with Crippen molar-refractivity contribution in [3.8, 4) is 0 Å². The minimum Gasteiger partial charge on any atom is -0.462 e. The maximum atomic E-state index is 13.2. The molecule has 2 heterocycles. The van der Waals surface area contributed by atoms with Crippen LogP contribution in [0.5, 0.6) is 0 Å². The Morgan fingerprint density at radius 3 is 2.69 bits per heavy atom. The first-order valence-electron chi connectivity index (χ1n) is 9.24. The average Bonchev–Trinajstić information content (AvgIpc) is 2.98. The number of nitrogens with one attached hydrogen (secondary N) is 1. The predicted octanol–water partition coefficient (Wildman–Crippen LogP) is 4.67. The molecule has 0 bridgehead atoms. The lowest BCUT2D eigenvalue weighted by atomic mass is 10.0. The molecule has 148 valence electrons. The summed E-state index contributed by atoms with van der Waals surface area (Å²) in [6, 6.07) is 11.2. The normalized spacial score (nSPS) is 13.6. The molecule has 2 aromatic carbocycles. The number of esters is 1. The van der Waals surface area contributed by atoms with Gasteiger partial charge in [-0.1, -0.05) is 22.0 Å². The molecule has 0 saturated heterocycles. The molecule has 0 fully saturated rings. The lowest BCUT2D eigenvalue weighted by molar-refractivity contribution is -0.136. The van der Waals surface area contributed by atoms with Crippen LogP contribution >= 0.6 is 15.9 Å². The van der Waals surface area contributed by atoms with Crippen molar-refractivity contribution in [2.75, 3.05) is 13.2 Å². The summed E-state index contributed by atoms with van der Waals surface area (Å²) in [4.78, 5) is 30.5. The molecule has 3 aromatic rings. The quantitative estimate of drug-likeness (QED) is 0.582. The van der Waals surface area contributed by atoms with Crippen molar-refractivity contribution < 1.29 is 18.7 Å². The first-order chi connectivity index (χ1) is 14.0. The zero-order valence-electron chi connectivity index (χ0n) is 15.7. The maximum Gasteiger partial charge on any atom is 0.341 e. The van der Waals surface area contributed by atoms with E-state index in [1.54, 1.807) is 6.92 Å². The van der Waals surface area contributed by atoms with Crippen molar-refractivity contribution in [1.29, 1.82) is 0 Å². The Balaban J connectivity index is 1.81. The molecule has 5 nitrogen and oxygen atoms in total. The number of nitrogens with zero attached hydrogens (tertiary/aromatic N) is 1. The summed E-state index contributed by atoms with van der Waals surface area (Å²) >= 11 is 3.58. The Morgan fingerprint density at radius 1 is 1.21 bits per heavy atom. The molecule has 0 aliphatic carbocycles. The van der Waals surface area contributed by atoms with Crippen molar-refractivity contribution in [3.63, 3.8) is 0 Å². The van der Waals surface area contributed by atoms with Gasteiger partial charge in [-0.2, -0.15) is 0 Å². The highest BCUT2D eigenvalue weighted by Gasteiger charge is 2.28. The van der Waals surface area contributed by atoms with E-state index in [4.69, 9.17) is 4.74 Å². The number of halogens is 2. The van der Waals surface area contributed by atoms with Gasteiger partial charge in [0, 0.05) is 33.7 Å². The maximum absolute atomic E-state index is 13.2. The number of carbonyl (C=O) groups is 2. The number of carbonyl (C=O) groups excluding carboxylic acids is 2. The highest BCUT2D eigenvalue weighted by atomic mass is 79.9. The Kier molecular flexibility index (Phi) is 5.24. The zero-order chi connectivity index (χ0) is 20.5. The number of hydrogen-bond acceptors (Lipinski definition) is 3. The van der Waals surface area contributed by atoms with Crippen LogP contribution in [0.25, 0.3) is 16.5 Å². The summed E-state index contributed by atoms with van der Waals surface area (Å²) in [6.07, 6.45) is 2.07. The molecule has 0 saturated carbocycles. The Hall–Kier alpha value is -2.93. The van der Waals surface area contributed by atoms with Crippen LogP contribution in [-0.4, -0.2) is 34.9 Å². The van der Waals surface area contributed by atoms with Gasteiger partial charge in [0.2, 0.25) is 0 Å². The number of amides is 1. The fraction of sp³-hybridized carbons (Fsp3) is 0.182. The smallest absolute Gasteiger partial charge is 0.341 e. The Labute approximate surface area is 175 Å². The third-order valence-electron chi connectivity index (χ3n) is 4.88. The van der Waals surface area contributed by atoms with Crippen LogP contribution < -0.4 is 0 Å². The molecule has 7 heteroatoms. The standard InChI is InChI=1S/C22H18BrFN2O3/c1-2-29-22(28)16-12-26(21(27)13-6-8-14(24)9-7-13)11-10-15-19-17(23)4-3-5-18(19)25-20(15)16/h3-9,12,25H,2,10-11H2,1H3. The largest absolute Gasteiger partial charge is 0.462 e. The van der Waals surface area contributed by atoms with Crippen LogP contribution in [0.1, 0.15) is 28.5 Å². The van der Waals surface area contributed by atoms with E-state index in [1.165, 1.54) is 35.4 Å². The number of aromatic amines is 1. The molecule has 29 heavy (non-hydrogen) atoms. The number of fused-ring (bicyclic) bond motifs is 3. The molecule has 1 aromatic heterocycles. The van der Waals surface area contributed by atoms with Gasteiger partial charge in [-0.25, -0.2) is 9.18 Å². The van der Waals surface area contributed by atoms with Crippen molar-refractivity contribution in [2.24, 2.45) is 0 Å². The second-order valence-corrected chi connectivity index (χ2v) is 7.51. The molecule has 1 aliphatic rings. The van der Waals surface area contributed by atoms with E-state index >= 15 is 0 Å². The SMILES string of the molecule is CCOC(=O)C1=CN(C(=O)c2ccc(F)cc2)CCc2c1[nH]c1cccc(Br)c21. The second-order valence-electron chi connectivity index (χ2n) is 6.66. The summed E-state index contributed by atoms with van der Waals surface area (Å²) < 4.78 is 19.4. The summed E-state index contributed by atoms with van der Waals surface area (Å²) in [7, 11) is 0. The third kappa shape index (κ3) is 3.58. The summed E-state index contributed by atoms with van der Waals surface area (Å²) in [5.41, 5.74) is 3.14. The summed E-state index contributed by atoms with van der Waals surface area (Å²) in [6.45, 7) is 2.33. The van der Waals surface area contributed by atoms with E-state index < -0.39 is 11.8 Å². The molecule has 4 rings (SSSR count). The highest BCUT2D eigenvalue weighted by Crippen LogP contribution is 2.35. The van der Waals surface area contributed by atoms with Gasteiger partial charge in [-0.15, -0.1) is 0 Å². The van der Waals surface area contributed by atoms with Crippen molar-refractivity contribution >= 4 is 44.3 Å². The molecule has 0 spiro atoms. The van der Waals surface area contributed by atoms with Gasteiger partial charge in [0.1, 0.15) is 5.82 Å². The predicted molar refractivity (Wildman–Crippen MR) is 112 cm³/mol. The number of benzene rings is 2. The monoisotopic (exact) mass is 456 g/mol. The van der Waals surface area contributed by atoms with Crippen molar-refractivity contribution in [3.05, 3.63) is 75.8 Å². The first-order valence-corrected chi connectivity index (χ1v) is 10.0. The van der Waals surface area contributed by atoms with Gasteiger partial charge in [-0.05, 0) is 55.3 Å². The average molecular weight is 457 g/mol. The van der Waals surface area contributed by atoms with E-state index in [9.17, 15) is 14.0 Å². The molecule has 0 unspecified atom stereocenters. The molecule has 1 amide bonds. The minimum absolute atomic E-state index is 0.224. The van der Waals surface area contributed by atoms with Gasteiger partial charge < -0.3 is 14.6 Å². The zero-order valence-corrected chi connectivity index (χ0v) is 17.3. The van der Waals surface area contributed by atoms with E-state index in [-0.39, 0.29) is 18.1 Å². The van der Waals surface area contributed by atoms with Gasteiger partial charge >= 0.3 is 5.97 Å². The summed E-state index contributed by atoms with van der Waals surface area (Å²) in [5, 5.41) is 0.980. The van der Waals surface area contributed by atoms with E-state index in [1.807, 2.05) is 18.2 Å². The van der Waals surface area contributed by atoms with Gasteiger partial charge in [0.15, 0.2) is 0 Å². The second kappa shape index (κ2) is 7.83. The van der Waals surface area contributed by atoms with Crippen LogP contribution in [0.3, 0.4) is 0 Å². The van der Waals surface area contributed by atoms with Crippen LogP contribution in [0.4, 0.5) is 4.39 Å². The lowest BCUT2D eigenvalue weighted by Crippen LogP contribution is -2.28. The summed E-state index contributed by atoms with van der Waals surface area (Å²) in [5.74, 6) is -1.22. The molecule has 0 radical (unpaired) electrons. The minimum atomic E-state index is -0.504. The number of H-pyrrole nitrogens is 1. The first kappa shape index (κ1) is 19.4. The fourth-order valence-electron chi connectivity index (χ4n) is 3.55. The topological polar surface area (TPSA) is 62.4 Å². The number of hydrogen-bond donors (Lipinski definition) is 1. The van der Waals surface area contributed by atoms with Crippen LogP contribution in [0, 0.1) is 5.82 Å². The number of aromatic nitrogens is 1. The van der Waals surface area contributed by atoms with Crippen LogP contribution in [0.15, 0.2) is 53.1 Å². The van der Waals surface area contributed by atoms with E-state index in [2.05, 4.69) is 20.9 Å². The van der Waals surface area contributed by atoms with Crippen LogP contribution in [-0.2, 0) is 16.0 Å². The molecule has 1 N–H and O–H groups in total. The van der Waals surface area contributed by atoms with Crippen molar-refractivity contribution in [2.45, 2.75) is 13.3 Å². The van der Waals surface area contributed by atoms with E-state index in [0.29, 0.717) is 24.2 Å². The number of rotatable bonds is 3. The van der Waals surface area contributed by atoms with Gasteiger partial charge in [-0.3, -0.25) is 4.79 Å². The third-order valence-corrected chi connectivity index (χ3v) is 5.54. The van der Waals surface area contributed by atoms with Crippen molar-refractivity contribution in [1.82, 2.24) is 9.88 Å². The number of ether oxygens (including phenoxy) is 1. The highest BCUT2D eigenvalue weighted by molar-refractivity contribution is 9.10. The van der Waals surface area contributed by atoms with Gasteiger partial charge in [0.25, 0.3) is 5.91 Å². The Bertz CT molecular complexity index is 1130. The lowest BCUT2D eigenvalue weighted by Gasteiger charge is -2.18. The van der Waals surface area contributed by atoms with Crippen LogP contribution in [0.2, 0.25) is 0 Å². The molecular weight excluding hydrogens is 439 g/mol. The van der Waals surface area contributed by atoms with E-state index in [0.717, 1.165) is 20.9 Å². The Morgan fingerprint density at radius 2 is 1.97 bits per heavy atom. The van der Waals surface area contributed by atoms with Gasteiger partial charge in [0.05, 0.1) is 17.9 Å². The molecule has 1 aliphatic heterocycles. The molecular formula is C22H18BrFN2O3.